The van der Waals surface area contributed by atoms with Gasteiger partial charge in [-0.25, -0.2) is 4.79 Å². The zero-order valence-electron chi connectivity index (χ0n) is 22.6. The van der Waals surface area contributed by atoms with Crippen molar-refractivity contribution in [3.63, 3.8) is 0 Å². The molecule has 12 nitrogen and oxygen atoms in total. The van der Waals surface area contributed by atoms with Gasteiger partial charge in [0.15, 0.2) is 0 Å². The number of ether oxygens (including phenoxy) is 1. The number of aliphatic carboxylic acids is 2. The van der Waals surface area contributed by atoms with Gasteiger partial charge in [0.1, 0.15) is 29.7 Å². The highest BCUT2D eigenvalue weighted by Gasteiger charge is 2.43. The van der Waals surface area contributed by atoms with E-state index in [2.05, 4.69) is 20.6 Å². The largest absolute Gasteiger partial charge is 0.491 e. The van der Waals surface area contributed by atoms with Crippen molar-refractivity contribution in [2.75, 3.05) is 13.2 Å². The highest BCUT2D eigenvalue weighted by atomic mass is 19.4. The van der Waals surface area contributed by atoms with E-state index in [-0.39, 0.29) is 24.4 Å². The van der Waals surface area contributed by atoms with E-state index in [1.807, 2.05) is 0 Å². The number of carbonyl (C=O) groups is 2. The number of benzene rings is 2. The van der Waals surface area contributed by atoms with E-state index in [0.29, 0.717) is 29.8 Å². The first-order valence-corrected chi connectivity index (χ1v) is 12.8. The number of halogens is 6. The van der Waals surface area contributed by atoms with Crippen LogP contribution in [0.15, 0.2) is 57.6 Å². The Bertz CT molecular complexity index is 1640. The highest BCUT2D eigenvalue weighted by molar-refractivity contribution is 5.73. The van der Waals surface area contributed by atoms with Gasteiger partial charge >= 0.3 is 24.3 Å². The lowest BCUT2D eigenvalue weighted by Gasteiger charge is -2.31. The molecule has 2 aromatic heterocycles. The number of fused-ring (bicyclic) bond motifs is 1. The zero-order valence-corrected chi connectivity index (χ0v) is 22.6. The SMILES string of the molecule is O=C(O)C(F)(F)F.O=C(O)CCCN[C@H]1COc2cc(-c3noc(-c4onc(-c5ccccc5)c4C(F)(F)F)n3)ccc2[C@H]1O. The molecule has 1 aliphatic heterocycles. The number of aliphatic hydroxyl groups excluding tert-OH is 1. The third kappa shape index (κ3) is 7.95. The summed E-state index contributed by atoms with van der Waals surface area (Å²) in [6.07, 6.45) is -10.4. The van der Waals surface area contributed by atoms with E-state index in [9.17, 15) is 36.2 Å². The first-order chi connectivity index (χ1) is 21.2. The van der Waals surface area contributed by atoms with Crippen molar-refractivity contribution in [2.45, 2.75) is 37.3 Å². The second-order valence-corrected chi connectivity index (χ2v) is 9.39. The molecule has 1 aliphatic rings. The van der Waals surface area contributed by atoms with Crippen molar-refractivity contribution < 1.29 is 65.0 Å². The van der Waals surface area contributed by atoms with Crippen LogP contribution >= 0.6 is 0 Å². The fourth-order valence-corrected chi connectivity index (χ4v) is 4.15. The fraction of sp³-hybridized carbons (Fsp3) is 0.296. The van der Waals surface area contributed by atoms with Crippen LogP contribution in [0.5, 0.6) is 5.75 Å². The van der Waals surface area contributed by atoms with E-state index >= 15 is 0 Å². The van der Waals surface area contributed by atoms with Gasteiger partial charge in [-0.3, -0.25) is 4.79 Å². The molecule has 0 unspecified atom stereocenters. The Morgan fingerprint density at radius 2 is 1.64 bits per heavy atom. The summed E-state index contributed by atoms with van der Waals surface area (Å²) in [7, 11) is 0. The van der Waals surface area contributed by atoms with Crippen LogP contribution in [-0.4, -0.2) is 67.9 Å². The molecule has 45 heavy (non-hydrogen) atoms. The number of rotatable bonds is 8. The van der Waals surface area contributed by atoms with Crippen molar-refractivity contribution in [1.82, 2.24) is 20.6 Å². The molecule has 0 radical (unpaired) electrons. The van der Waals surface area contributed by atoms with Crippen LogP contribution in [0.2, 0.25) is 0 Å². The van der Waals surface area contributed by atoms with Crippen LogP contribution in [0, 0.1) is 0 Å². The zero-order chi connectivity index (χ0) is 32.9. The van der Waals surface area contributed by atoms with Gasteiger partial charge in [-0.15, -0.1) is 0 Å². The lowest BCUT2D eigenvalue weighted by atomic mass is 9.97. The molecule has 0 bridgehead atoms. The van der Waals surface area contributed by atoms with Crippen molar-refractivity contribution >= 4 is 11.9 Å². The summed E-state index contributed by atoms with van der Waals surface area (Å²) < 4.78 is 89.5. The Labute approximate surface area is 248 Å². The summed E-state index contributed by atoms with van der Waals surface area (Å²) in [5.74, 6) is -4.51. The van der Waals surface area contributed by atoms with Crippen LogP contribution in [0.3, 0.4) is 0 Å². The molecule has 0 spiro atoms. The number of carboxylic acid groups (broad SMARTS) is 2. The highest BCUT2D eigenvalue weighted by Crippen LogP contribution is 2.43. The Morgan fingerprint density at radius 1 is 0.956 bits per heavy atom. The number of carboxylic acids is 2. The molecule has 18 heteroatoms. The third-order valence-corrected chi connectivity index (χ3v) is 6.25. The number of aromatic nitrogens is 3. The Morgan fingerprint density at radius 3 is 2.27 bits per heavy atom. The predicted molar refractivity (Wildman–Crippen MR) is 138 cm³/mol. The van der Waals surface area contributed by atoms with Gasteiger partial charge < -0.3 is 34.4 Å². The summed E-state index contributed by atoms with van der Waals surface area (Å²) in [5.41, 5.74) is -0.431. The average molecular weight is 644 g/mol. The van der Waals surface area contributed by atoms with Crippen LogP contribution in [0.1, 0.15) is 30.1 Å². The van der Waals surface area contributed by atoms with E-state index in [1.165, 1.54) is 12.1 Å². The molecule has 240 valence electrons. The van der Waals surface area contributed by atoms with E-state index in [0.717, 1.165) is 0 Å². The molecule has 2 aromatic carbocycles. The lowest BCUT2D eigenvalue weighted by Crippen LogP contribution is -2.43. The van der Waals surface area contributed by atoms with E-state index < -0.39 is 59.3 Å². The Balaban J connectivity index is 0.000000591. The maximum Gasteiger partial charge on any atom is 0.490 e. The third-order valence-electron chi connectivity index (χ3n) is 6.25. The summed E-state index contributed by atoms with van der Waals surface area (Å²) in [6, 6.07) is 12.1. The quantitative estimate of drug-likeness (QED) is 0.150. The standard InChI is InChI=1S/C25H21F3N4O6.C2HF3O2/c26-25(27,28)19-20(13-5-2-1-3-6-13)31-37-22(19)24-30-23(32-38-24)14-8-9-15-17(11-14)36-12-16(21(15)35)29-10-4-7-18(33)34;3-2(4,5)1(6)7/h1-3,5-6,8-9,11,16,21,29,35H,4,7,10,12H2,(H,33,34);(H,6,7)/t16-,21+;/m0./s1. The van der Waals surface area contributed by atoms with Gasteiger partial charge in [-0.2, -0.15) is 31.3 Å². The van der Waals surface area contributed by atoms with E-state index in [4.69, 9.17) is 28.8 Å². The summed E-state index contributed by atoms with van der Waals surface area (Å²) >= 11 is 0. The van der Waals surface area contributed by atoms with Gasteiger partial charge in [-0.05, 0) is 19.0 Å². The van der Waals surface area contributed by atoms with Gasteiger partial charge in [0, 0.05) is 23.1 Å². The molecule has 4 aromatic rings. The second-order valence-electron chi connectivity index (χ2n) is 9.39. The second kappa shape index (κ2) is 13.3. The summed E-state index contributed by atoms with van der Waals surface area (Å²) in [6.45, 7) is 0.515. The maximum atomic E-state index is 14.0. The number of aliphatic hydroxyl groups is 1. The normalized spacial score (nSPS) is 16.2. The molecule has 0 amide bonds. The molecular formula is C27H22F6N4O8. The Kier molecular flexibility index (Phi) is 9.77. The molecule has 0 saturated heterocycles. The van der Waals surface area contributed by atoms with Gasteiger partial charge in [0.25, 0.3) is 5.89 Å². The van der Waals surface area contributed by atoms with Crippen molar-refractivity contribution in [3.8, 4) is 40.0 Å². The molecular weight excluding hydrogens is 622 g/mol. The van der Waals surface area contributed by atoms with E-state index in [1.54, 1.807) is 36.4 Å². The monoisotopic (exact) mass is 644 g/mol. The molecule has 0 saturated carbocycles. The number of nitrogens with zero attached hydrogens (tertiary/aromatic N) is 3. The number of alkyl halides is 6. The molecule has 3 heterocycles. The minimum absolute atomic E-state index is 0.00933. The van der Waals surface area contributed by atoms with Crippen LogP contribution in [-0.2, 0) is 15.8 Å². The smallest absolute Gasteiger partial charge is 0.490 e. The molecule has 5 rings (SSSR count). The molecule has 2 atom stereocenters. The number of nitrogens with one attached hydrogen (secondary N) is 1. The van der Waals surface area contributed by atoms with Crippen molar-refractivity contribution in [1.29, 1.82) is 0 Å². The molecule has 0 aliphatic carbocycles. The van der Waals surface area contributed by atoms with Gasteiger partial charge in [0.05, 0.1) is 6.04 Å². The van der Waals surface area contributed by atoms with Crippen molar-refractivity contribution in [3.05, 3.63) is 59.7 Å². The number of hydrogen-bond acceptors (Lipinski definition) is 10. The van der Waals surface area contributed by atoms with Gasteiger partial charge in [0.2, 0.25) is 11.6 Å². The molecule has 0 fully saturated rings. The predicted octanol–water partition coefficient (Wildman–Crippen LogP) is 4.96. The average Bonchev–Trinajstić information content (AvgIpc) is 3.64. The van der Waals surface area contributed by atoms with Crippen LogP contribution < -0.4 is 10.1 Å². The minimum Gasteiger partial charge on any atom is -0.491 e. The first kappa shape index (κ1) is 32.9. The summed E-state index contributed by atoms with van der Waals surface area (Å²) in [4.78, 5) is 23.6. The van der Waals surface area contributed by atoms with Crippen molar-refractivity contribution in [2.24, 2.45) is 0 Å². The Hall–Kier alpha value is -4.97. The summed E-state index contributed by atoms with van der Waals surface area (Å²) in [5, 5.41) is 37.1. The molecule has 4 N–H and O–H groups in total. The topological polar surface area (TPSA) is 181 Å². The minimum atomic E-state index is -5.08. The number of hydrogen-bond donors (Lipinski definition) is 4. The van der Waals surface area contributed by atoms with Gasteiger partial charge in [-0.1, -0.05) is 52.8 Å². The van der Waals surface area contributed by atoms with Crippen LogP contribution in [0.25, 0.3) is 34.3 Å². The maximum absolute atomic E-state index is 14.0. The van der Waals surface area contributed by atoms with Crippen LogP contribution in [0.4, 0.5) is 26.3 Å². The fourth-order valence-electron chi connectivity index (χ4n) is 4.15. The lowest BCUT2D eigenvalue weighted by molar-refractivity contribution is -0.192. The first-order valence-electron chi connectivity index (χ1n) is 12.8.